The van der Waals surface area contributed by atoms with Gasteiger partial charge in [0.05, 0.1) is 18.4 Å². The number of rotatable bonds is 5. The van der Waals surface area contributed by atoms with Gasteiger partial charge in [0.1, 0.15) is 6.26 Å². The van der Waals surface area contributed by atoms with Crippen LogP contribution < -0.4 is 5.32 Å². The Kier molecular flexibility index (Phi) is 4.93. The van der Waals surface area contributed by atoms with Crippen molar-refractivity contribution in [3.05, 3.63) is 60.1 Å². The first-order valence-electron chi connectivity index (χ1n) is 6.47. The molecule has 0 bridgehead atoms. The van der Waals surface area contributed by atoms with Crippen molar-refractivity contribution < 1.29 is 18.7 Å². The van der Waals surface area contributed by atoms with E-state index in [0.29, 0.717) is 17.9 Å². The Morgan fingerprint density at radius 1 is 1.24 bits per heavy atom. The molecule has 1 aromatic carbocycles. The second kappa shape index (κ2) is 7.09. The first-order valence-corrected chi connectivity index (χ1v) is 6.47. The highest BCUT2D eigenvalue weighted by Crippen LogP contribution is 2.12. The number of hydrogen-bond acceptors (Lipinski definition) is 4. The predicted molar refractivity (Wildman–Crippen MR) is 78.8 cm³/mol. The van der Waals surface area contributed by atoms with E-state index < -0.39 is 0 Å². The second-order valence-electron chi connectivity index (χ2n) is 4.17. The molecule has 0 aliphatic rings. The van der Waals surface area contributed by atoms with Gasteiger partial charge in [0, 0.05) is 11.8 Å². The number of carbonyl (C=O) groups is 2. The Labute approximate surface area is 122 Å². The van der Waals surface area contributed by atoms with E-state index in [9.17, 15) is 9.59 Å². The number of hydrogen-bond donors (Lipinski definition) is 1. The van der Waals surface area contributed by atoms with Gasteiger partial charge in [-0.3, -0.25) is 4.79 Å². The lowest BCUT2D eigenvalue weighted by Crippen LogP contribution is -2.10. The van der Waals surface area contributed by atoms with Crippen LogP contribution in [0, 0.1) is 0 Å². The molecule has 0 radical (unpaired) electrons. The maximum Gasteiger partial charge on any atom is 0.330 e. The lowest BCUT2D eigenvalue weighted by molar-refractivity contribution is -0.137. The number of esters is 1. The van der Waals surface area contributed by atoms with Crippen LogP contribution in [0.1, 0.15) is 22.8 Å². The molecule has 0 saturated heterocycles. The normalized spacial score (nSPS) is 10.5. The molecule has 0 spiro atoms. The maximum absolute atomic E-state index is 11.8. The standard InChI is InChI=1S/C16H15NO4/c1-2-21-15(18)8-5-12-3-6-14(7-4-12)17-16(19)13-9-10-20-11-13/h3-11H,2H2,1H3,(H,17,19)/b8-5+. The lowest BCUT2D eigenvalue weighted by atomic mass is 10.2. The van der Waals surface area contributed by atoms with Crippen LogP contribution >= 0.6 is 0 Å². The number of amides is 1. The highest BCUT2D eigenvalue weighted by molar-refractivity contribution is 6.04. The van der Waals surface area contributed by atoms with Crippen molar-refractivity contribution in [2.45, 2.75) is 6.92 Å². The van der Waals surface area contributed by atoms with Crippen molar-refractivity contribution in [3.8, 4) is 0 Å². The summed E-state index contributed by atoms with van der Waals surface area (Å²) in [6.45, 7) is 2.10. The van der Waals surface area contributed by atoms with E-state index in [1.807, 2.05) is 0 Å². The van der Waals surface area contributed by atoms with E-state index in [0.717, 1.165) is 5.56 Å². The summed E-state index contributed by atoms with van der Waals surface area (Å²) in [6.07, 6.45) is 5.84. The van der Waals surface area contributed by atoms with E-state index >= 15 is 0 Å². The monoisotopic (exact) mass is 285 g/mol. The number of nitrogens with one attached hydrogen (secondary N) is 1. The summed E-state index contributed by atoms with van der Waals surface area (Å²) in [5, 5.41) is 2.74. The lowest BCUT2D eigenvalue weighted by Gasteiger charge is -2.03. The van der Waals surface area contributed by atoms with E-state index in [1.165, 1.54) is 18.6 Å². The summed E-state index contributed by atoms with van der Waals surface area (Å²) >= 11 is 0. The average Bonchev–Trinajstić information content (AvgIpc) is 3.01. The molecule has 2 rings (SSSR count). The topological polar surface area (TPSA) is 68.5 Å². The summed E-state index contributed by atoms with van der Waals surface area (Å²) in [4.78, 5) is 23.0. The van der Waals surface area contributed by atoms with E-state index in [-0.39, 0.29) is 11.9 Å². The third-order valence-electron chi connectivity index (χ3n) is 2.65. The van der Waals surface area contributed by atoms with Gasteiger partial charge in [-0.2, -0.15) is 0 Å². The first kappa shape index (κ1) is 14.6. The van der Waals surface area contributed by atoms with Crippen LogP contribution in [0.5, 0.6) is 0 Å². The SMILES string of the molecule is CCOC(=O)/C=C/c1ccc(NC(=O)c2ccoc2)cc1. The Morgan fingerprint density at radius 2 is 2.00 bits per heavy atom. The molecule has 0 fully saturated rings. The van der Waals surface area contributed by atoms with Crippen molar-refractivity contribution in [1.29, 1.82) is 0 Å². The van der Waals surface area contributed by atoms with Crippen LogP contribution in [0.25, 0.3) is 6.08 Å². The van der Waals surface area contributed by atoms with Crippen molar-refractivity contribution >= 4 is 23.6 Å². The van der Waals surface area contributed by atoms with Gasteiger partial charge < -0.3 is 14.5 Å². The summed E-state index contributed by atoms with van der Waals surface area (Å²) in [7, 11) is 0. The molecule has 1 N–H and O–H groups in total. The largest absolute Gasteiger partial charge is 0.472 e. The molecular formula is C16H15NO4. The Hall–Kier alpha value is -2.82. The smallest absolute Gasteiger partial charge is 0.330 e. The van der Waals surface area contributed by atoms with Gasteiger partial charge in [0.25, 0.3) is 5.91 Å². The first-order chi connectivity index (χ1) is 10.2. The van der Waals surface area contributed by atoms with Gasteiger partial charge in [0.15, 0.2) is 0 Å². The van der Waals surface area contributed by atoms with Crippen molar-refractivity contribution in [3.63, 3.8) is 0 Å². The van der Waals surface area contributed by atoms with Crippen molar-refractivity contribution in [2.24, 2.45) is 0 Å². The van der Waals surface area contributed by atoms with Crippen LogP contribution in [-0.4, -0.2) is 18.5 Å². The third kappa shape index (κ3) is 4.35. The molecule has 0 unspecified atom stereocenters. The summed E-state index contributed by atoms with van der Waals surface area (Å²) in [5.74, 6) is -0.617. The minimum absolute atomic E-state index is 0.237. The molecule has 0 saturated carbocycles. The minimum Gasteiger partial charge on any atom is -0.472 e. The summed E-state index contributed by atoms with van der Waals surface area (Å²) < 4.78 is 9.64. The number of furan rings is 1. The van der Waals surface area contributed by atoms with Crippen LogP contribution in [0.15, 0.2) is 53.4 Å². The quantitative estimate of drug-likeness (QED) is 0.677. The molecule has 1 amide bonds. The maximum atomic E-state index is 11.8. The van der Waals surface area contributed by atoms with Gasteiger partial charge in [-0.25, -0.2) is 4.79 Å². The van der Waals surface area contributed by atoms with Gasteiger partial charge >= 0.3 is 5.97 Å². The van der Waals surface area contributed by atoms with Crippen LogP contribution in [-0.2, 0) is 9.53 Å². The van der Waals surface area contributed by atoms with Crippen LogP contribution in [0.3, 0.4) is 0 Å². The minimum atomic E-state index is -0.380. The molecule has 1 heterocycles. The number of ether oxygens (including phenoxy) is 1. The summed E-state index contributed by atoms with van der Waals surface area (Å²) in [5.41, 5.74) is 1.96. The molecule has 21 heavy (non-hydrogen) atoms. The molecule has 5 heteroatoms. The third-order valence-corrected chi connectivity index (χ3v) is 2.65. The van der Waals surface area contributed by atoms with Crippen LogP contribution in [0.4, 0.5) is 5.69 Å². The molecular weight excluding hydrogens is 270 g/mol. The van der Waals surface area contributed by atoms with Crippen molar-refractivity contribution in [2.75, 3.05) is 11.9 Å². The van der Waals surface area contributed by atoms with E-state index in [1.54, 1.807) is 43.3 Å². The fourth-order valence-corrected chi connectivity index (χ4v) is 1.63. The number of carbonyl (C=O) groups excluding carboxylic acids is 2. The van der Waals surface area contributed by atoms with E-state index in [4.69, 9.17) is 9.15 Å². The molecule has 108 valence electrons. The van der Waals surface area contributed by atoms with Gasteiger partial charge in [-0.1, -0.05) is 12.1 Å². The molecule has 2 aromatic rings. The van der Waals surface area contributed by atoms with E-state index in [2.05, 4.69) is 5.32 Å². The van der Waals surface area contributed by atoms with Crippen molar-refractivity contribution in [1.82, 2.24) is 0 Å². The highest BCUT2D eigenvalue weighted by Gasteiger charge is 2.06. The predicted octanol–water partition coefficient (Wildman–Crippen LogP) is 3.11. The average molecular weight is 285 g/mol. The molecule has 5 nitrogen and oxygen atoms in total. The Balaban J connectivity index is 1.96. The molecule has 1 aromatic heterocycles. The zero-order valence-corrected chi connectivity index (χ0v) is 11.5. The number of benzene rings is 1. The second-order valence-corrected chi connectivity index (χ2v) is 4.17. The fraction of sp³-hybridized carbons (Fsp3) is 0.125. The zero-order valence-electron chi connectivity index (χ0n) is 11.5. The number of anilines is 1. The zero-order chi connectivity index (χ0) is 15.1. The van der Waals surface area contributed by atoms with Gasteiger partial charge in [-0.05, 0) is 36.8 Å². The highest BCUT2D eigenvalue weighted by atomic mass is 16.5. The Bertz CT molecular complexity index is 627. The van der Waals surface area contributed by atoms with Crippen LogP contribution in [0.2, 0.25) is 0 Å². The fourth-order valence-electron chi connectivity index (χ4n) is 1.63. The van der Waals surface area contributed by atoms with Gasteiger partial charge in [-0.15, -0.1) is 0 Å². The van der Waals surface area contributed by atoms with Gasteiger partial charge in [0.2, 0.25) is 0 Å². The Morgan fingerprint density at radius 3 is 2.62 bits per heavy atom. The molecule has 0 aliphatic carbocycles. The molecule has 0 atom stereocenters. The molecule has 0 aliphatic heterocycles. The summed E-state index contributed by atoms with van der Waals surface area (Å²) in [6, 6.07) is 8.68.